The molecule has 0 radical (unpaired) electrons. The molecular formula is C10H12IN5O5. The second-order valence-electron chi connectivity index (χ2n) is 4.43. The van der Waals surface area contributed by atoms with Crippen molar-refractivity contribution in [2.45, 2.75) is 24.6 Å². The molecule has 4 atom stereocenters. The highest BCUT2D eigenvalue weighted by molar-refractivity contribution is 14.1. The van der Waals surface area contributed by atoms with Crippen LogP contribution in [0.5, 0.6) is 0 Å². The van der Waals surface area contributed by atoms with Gasteiger partial charge in [0, 0.05) is 0 Å². The fourth-order valence-electron chi connectivity index (χ4n) is 2.00. The van der Waals surface area contributed by atoms with Crippen LogP contribution in [0.15, 0.2) is 6.33 Å². The lowest BCUT2D eigenvalue weighted by Gasteiger charge is -2.16. The van der Waals surface area contributed by atoms with Crippen LogP contribution in [0, 0.1) is 3.70 Å². The van der Waals surface area contributed by atoms with E-state index in [1.165, 1.54) is 11.1 Å². The second kappa shape index (κ2) is 5.49. The Morgan fingerprint density at radius 2 is 2.14 bits per heavy atom. The lowest BCUT2D eigenvalue weighted by molar-refractivity contribution is -0.169. The molecule has 114 valence electrons. The van der Waals surface area contributed by atoms with Gasteiger partial charge in [0.25, 0.3) is 6.29 Å². The zero-order valence-corrected chi connectivity index (χ0v) is 12.7. The summed E-state index contributed by atoms with van der Waals surface area (Å²) < 4.78 is 6.95. The van der Waals surface area contributed by atoms with Crippen molar-refractivity contribution in [3.8, 4) is 0 Å². The van der Waals surface area contributed by atoms with Crippen molar-refractivity contribution in [3.63, 3.8) is 0 Å². The number of nitrogens with zero attached hydrogens (tertiary/aromatic N) is 4. The Labute approximate surface area is 131 Å². The molecule has 0 aromatic carbocycles. The van der Waals surface area contributed by atoms with E-state index in [0.717, 1.165) is 0 Å². The highest BCUT2D eigenvalue weighted by atomic mass is 127. The van der Waals surface area contributed by atoms with Gasteiger partial charge in [-0.3, -0.25) is 0 Å². The number of aliphatic hydroxyl groups excluding tert-OH is 3. The third-order valence-corrected chi connectivity index (χ3v) is 3.81. The standard InChI is InChI=1S/C10H12IN5O5/c11-7-4-8(15-10(12)14-7)16(2-13-4)21-9-6(19)5(18)3(1-17)20-9/h2-3,5-6,9,17-19H,1H2,(H2,12,14,15)/t3-,5-,6+,9-/m1/s1. The first-order valence-corrected chi connectivity index (χ1v) is 7.04. The van der Waals surface area contributed by atoms with Gasteiger partial charge >= 0.3 is 0 Å². The monoisotopic (exact) mass is 409 g/mol. The number of aromatic nitrogens is 4. The number of nitrogen functional groups attached to an aromatic ring is 1. The third kappa shape index (κ3) is 2.50. The maximum absolute atomic E-state index is 9.84. The van der Waals surface area contributed by atoms with Crippen LogP contribution in [0.3, 0.4) is 0 Å². The Hall–Kier alpha value is -1.28. The Morgan fingerprint density at radius 3 is 2.81 bits per heavy atom. The van der Waals surface area contributed by atoms with E-state index in [0.29, 0.717) is 14.9 Å². The Bertz CT molecular complexity index is 667. The molecule has 1 aliphatic heterocycles. The number of rotatable bonds is 3. The molecule has 5 N–H and O–H groups in total. The summed E-state index contributed by atoms with van der Waals surface area (Å²) >= 11 is 1.96. The number of ether oxygens (including phenoxy) is 1. The third-order valence-electron chi connectivity index (χ3n) is 3.06. The predicted molar refractivity (Wildman–Crippen MR) is 76.8 cm³/mol. The van der Waals surface area contributed by atoms with Gasteiger partial charge in [-0.2, -0.15) is 4.98 Å². The van der Waals surface area contributed by atoms with E-state index in [-0.39, 0.29) is 5.95 Å². The van der Waals surface area contributed by atoms with Crippen LogP contribution in [0.4, 0.5) is 5.95 Å². The van der Waals surface area contributed by atoms with Gasteiger partial charge in [-0.1, -0.05) is 0 Å². The summed E-state index contributed by atoms with van der Waals surface area (Å²) in [6.07, 6.45) is -3.30. The van der Waals surface area contributed by atoms with Crippen molar-refractivity contribution in [2.75, 3.05) is 12.3 Å². The number of halogens is 1. The molecule has 2 aromatic heterocycles. The average Bonchev–Trinajstić information content (AvgIpc) is 2.96. The number of imidazole rings is 1. The van der Waals surface area contributed by atoms with E-state index in [9.17, 15) is 10.2 Å². The van der Waals surface area contributed by atoms with Gasteiger partial charge in [-0.15, -0.1) is 4.73 Å². The number of fused-ring (bicyclic) bond motifs is 1. The minimum atomic E-state index is -1.31. The zero-order chi connectivity index (χ0) is 15.1. The summed E-state index contributed by atoms with van der Waals surface area (Å²) in [4.78, 5) is 17.5. The van der Waals surface area contributed by atoms with Gasteiger partial charge < -0.3 is 30.6 Å². The highest BCUT2D eigenvalue weighted by Crippen LogP contribution is 2.22. The van der Waals surface area contributed by atoms with Crippen LogP contribution in [0.25, 0.3) is 11.2 Å². The van der Waals surface area contributed by atoms with Gasteiger partial charge in [-0.25, -0.2) is 9.97 Å². The van der Waals surface area contributed by atoms with Gasteiger partial charge in [0.05, 0.1) is 6.61 Å². The van der Waals surface area contributed by atoms with E-state index >= 15 is 0 Å². The van der Waals surface area contributed by atoms with Gasteiger partial charge in [0.15, 0.2) is 0 Å². The fourth-order valence-corrected chi connectivity index (χ4v) is 2.63. The average molecular weight is 409 g/mol. The molecule has 0 unspecified atom stereocenters. The molecular weight excluding hydrogens is 397 g/mol. The summed E-state index contributed by atoms with van der Waals surface area (Å²) in [5.41, 5.74) is 6.37. The van der Waals surface area contributed by atoms with Crippen molar-refractivity contribution in [1.29, 1.82) is 0 Å². The summed E-state index contributed by atoms with van der Waals surface area (Å²) in [6, 6.07) is 0. The maximum Gasteiger partial charge on any atom is 0.254 e. The molecule has 0 amide bonds. The largest absolute Gasteiger partial charge is 0.394 e. The van der Waals surface area contributed by atoms with E-state index in [2.05, 4.69) is 15.0 Å². The second-order valence-corrected chi connectivity index (χ2v) is 5.45. The van der Waals surface area contributed by atoms with E-state index < -0.39 is 31.2 Å². The lowest BCUT2D eigenvalue weighted by Crippen LogP contribution is -2.38. The number of anilines is 1. The van der Waals surface area contributed by atoms with E-state index in [1.54, 1.807) is 0 Å². The molecule has 2 aromatic rings. The van der Waals surface area contributed by atoms with Crippen molar-refractivity contribution in [3.05, 3.63) is 10.0 Å². The molecule has 10 nitrogen and oxygen atoms in total. The normalized spacial score (nSPS) is 29.1. The van der Waals surface area contributed by atoms with Gasteiger partial charge in [0.2, 0.25) is 11.6 Å². The first kappa shape index (κ1) is 14.6. The number of hydrogen-bond acceptors (Lipinski definition) is 9. The summed E-state index contributed by atoms with van der Waals surface area (Å²) in [7, 11) is 0. The van der Waals surface area contributed by atoms with Crippen LogP contribution in [-0.2, 0) is 4.74 Å². The fraction of sp³-hybridized carbons (Fsp3) is 0.500. The van der Waals surface area contributed by atoms with Gasteiger partial charge in [-0.05, 0) is 22.6 Å². The molecule has 1 saturated heterocycles. The maximum atomic E-state index is 9.84. The van der Waals surface area contributed by atoms with Crippen LogP contribution in [0.2, 0.25) is 0 Å². The van der Waals surface area contributed by atoms with Crippen LogP contribution in [0.1, 0.15) is 0 Å². The molecule has 1 aliphatic rings. The molecule has 0 aliphatic carbocycles. The smallest absolute Gasteiger partial charge is 0.254 e. The first-order chi connectivity index (χ1) is 10.0. The number of hydrogen-bond donors (Lipinski definition) is 4. The molecule has 1 fully saturated rings. The minimum absolute atomic E-state index is 0.0541. The molecule has 0 saturated carbocycles. The Balaban J connectivity index is 1.89. The molecule has 11 heteroatoms. The van der Waals surface area contributed by atoms with Crippen molar-refractivity contribution in [1.82, 2.24) is 19.7 Å². The number of nitrogens with two attached hydrogens (primary N) is 1. The molecule has 3 rings (SSSR count). The van der Waals surface area contributed by atoms with Gasteiger partial charge in [0.1, 0.15) is 33.9 Å². The SMILES string of the molecule is Nc1nc(I)c2ncn(O[C@H]3O[C@H](CO)[C@@H](O)[C@@H]3O)c2n1. The predicted octanol–water partition coefficient (Wildman–Crippen LogP) is -2.12. The number of aliphatic hydroxyl groups is 3. The van der Waals surface area contributed by atoms with E-state index in [4.69, 9.17) is 20.4 Å². The molecule has 0 bridgehead atoms. The van der Waals surface area contributed by atoms with Crippen molar-refractivity contribution in [2.24, 2.45) is 0 Å². The Morgan fingerprint density at radius 1 is 1.38 bits per heavy atom. The summed E-state index contributed by atoms with van der Waals surface area (Å²) in [5, 5.41) is 28.5. The summed E-state index contributed by atoms with van der Waals surface area (Å²) in [5.74, 6) is 0.0541. The molecule has 21 heavy (non-hydrogen) atoms. The zero-order valence-electron chi connectivity index (χ0n) is 10.5. The van der Waals surface area contributed by atoms with Crippen molar-refractivity contribution < 1.29 is 24.9 Å². The van der Waals surface area contributed by atoms with E-state index in [1.807, 2.05) is 22.6 Å². The molecule has 0 spiro atoms. The first-order valence-electron chi connectivity index (χ1n) is 5.97. The lowest BCUT2D eigenvalue weighted by atomic mass is 10.1. The minimum Gasteiger partial charge on any atom is -0.394 e. The quantitative estimate of drug-likeness (QED) is 0.330. The highest BCUT2D eigenvalue weighted by Gasteiger charge is 2.44. The summed E-state index contributed by atoms with van der Waals surface area (Å²) in [6.45, 7) is -0.435. The van der Waals surface area contributed by atoms with Crippen LogP contribution in [-0.4, -0.2) is 66.2 Å². The van der Waals surface area contributed by atoms with Crippen LogP contribution >= 0.6 is 22.6 Å². The Kier molecular flexibility index (Phi) is 3.83. The van der Waals surface area contributed by atoms with Crippen molar-refractivity contribution >= 4 is 39.7 Å². The molecule has 3 heterocycles. The van der Waals surface area contributed by atoms with Crippen LogP contribution < -0.4 is 10.6 Å². The topological polar surface area (TPSA) is 149 Å².